The summed E-state index contributed by atoms with van der Waals surface area (Å²) in [5.74, 6) is -1.73. The van der Waals surface area contributed by atoms with Crippen molar-refractivity contribution in [3.05, 3.63) is 29.3 Å². The molecule has 0 saturated carbocycles. The number of alkyl carbamates (subject to hydrolysis) is 1. The molecule has 2 heterocycles. The lowest BCUT2D eigenvalue weighted by molar-refractivity contribution is -0.145. The van der Waals surface area contributed by atoms with Gasteiger partial charge in [0.15, 0.2) is 17.3 Å². The van der Waals surface area contributed by atoms with Crippen molar-refractivity contribution < 1.29 is 38.4 Å². The quantitative estimate of drug-likeness (QED) is 0.640. The summed E-state index contributed by atoms with van der Waals surface area (Å²) in [6.07, 6.45) is 2.09. The fourth-order valence-electron chi connectivity index (χ4n) is 4.47. The molecule has 1 aromatic rings. The molecule has 34 heavy (non-hydrogen) atoms. The summed E-state index contributed by atoms with van der Waals surface area (Å²) in [5.41, 5.74) is -0.181. The predicted octanol–water partition coefficient (Wildman–Crippen LogP) is 2.89. The van der Waals surface area contributed by atoms with Crippen LogP contribution in [0.15, 0.2) is 18.2 Å². The molecule has 186 valence electrons. The Balaban J connectivity index is 1.81. The Hall–Kier alpha value is -2.98. The molecule has 0 spiro atoms. The number of rotatable bonds is 3. The van der Waals surface area contributed by atoms with Gasteiger partial charge in [0.1, 0.15) is 17.8 Å². The first-order valence-corrected chi connectivity index (χ1v) is 11.2. The Morgan fingerprint density at radius 2 is 1.88 bits per heavy atom. The summed E-state index contributed by atoms with van der Waals surface area (Å²) >= 11 is 0. The van der Waals surface area contributed by atoms with Gasteiger partial charge in [-0.25, -0.2) is 4.79 Å². The van der Waals surface area contributed by atoms with Crippen molar-refractivity contribution in [3.63, 3.8) is 0 Å². The number of carbonyl (C=O) groups excluding carboxylic acids is 2. The highest BCUT2D eigenvalue weighted by Gasteiger charge is 2.50. The van der Waals surface area contributed by atoms with Crippen molar-refractivity contribution >= 4 is 12.0 Å². The smallest absolute Gasteiger partial charge is 0.407 e. The van der Waals surface area contributed by atoms with Gasteiger partial charge in [0.05, 0.1) is 11.6 Å². The van der Waals surface area contributed by atoms with Crippen LogP contribution in [0, 0.1) is 0 Å². The summed E-state index contributed by atoms with van der Waals surface area (Å²) in [6.45, 7) is 8.84. The molecule has 3 aliphatic rings. The van der Waals surface area contributed by atoms with Gasteiger partial charge in [-0.3, -0.25) is 4.79 Å². The zero-order valence-electron chi connectivity index (χ0n) is 20.5. The molecule has 2 aliphatic heterocycles. The zero-order chi connectivity index (χ0) is 25.0. The number of hydrogen-bond acceptors (Lipinski definition) is 8. The SMILES string of the molecule is CN(C)C(=O)c1c([C@H]2C=C[C@H]3OC(C)(C)O[C@H]3[C@@H]2NC(=O)OC(C)(C)C)cc2c(c1O)OCO2. The number of amides is 2. The van der Waals surface area contributed by atoms with E-state index < -0.39 is 47.6 Å². The molecule has 0 bridgehead atoms. The molecule has 10 heteroatoms. The van der Waals surface area contributed by atoms with Crippen molar-refractivity contribution in [2.24, 2.45) is 0 Å². The maximum Gasteiger partial charge on any atom is 0.407 e. The number of hydrogen-bond donors (Lipinski definition) is 2. The van der Waals surface area contributed by atoms with E-state index in [1.165, 1.54) is 4.90 Å². The van der Waals surface area contributed by atoms with Gasteiger partial charge in [-0.05, 0) is 46.2 Å². The average molecular weight is 477 g/mol. The summed E-state index contributed by atoms with van der Waals surface area (Å²) in [5, 5.41) is 13.9. The lowest BCUT2D eigenvalue weighted by atomic mass is 9.79. The molecule has 1 fully saturated rings. The predicted molar refractivity (Wildman–Crippen MR) is 121 cm³/mol. The third-order valence-electron chi connectivity index (χ3n) is 5.74. The van der Waals surface area contributed by atoms with Crippen LogP contribution >= 0.6 is 0 Å². The van der Waals surface area contributed by atoms with Crippen LogP contribution < -0.4 is 14.8 Å². The Morgan fingerprint density at radius 1 is 1.18 bits per heavy atom. The largest absolute Gasteiger partial charge is 0.504 e. The molecule has 1 aromatic carbocycles. The van der Waals surface area contributed by atoms with Gasteiger partial charge in [0.25, 0.3) is 5.91 Å². The number of benzene rings is 1. The maximum atomic E-state index is 13.2. The van der Waals surface area contributed by atoms with E-state index in [0.29, 0.717) is 11.3 Å². The number of aromatic hydroxyl groups is 1. The van der Waals surface area contributed by atoms with E-state index in [-0.39, 0.29) is 23.9 Å². The van der Waals surface area contributed by atoms with Gasteiger partial charge in [-0.1, -0.05) is 12.2 Å². The van der Waals surface area contributed by atoms with Gasteiger partial charge >= 0.3 is 6.09 Å². The zero-order valence-corrected chi connectivity index (χ0v) is 20.5. The standard InChI is InChI=1S/C24H32N2O8/c1-23(2,3)34-22(29)25-17-12(8-9-14-19(17)33-24(4,5)32-14)13-10-15-20(31-11-30-15)18(27)16(13)21(28)26(6)7/h8-10,12,14,17,19,27H,11H2,1-7H3,(H,25,29)/t12-,14-,17-,19-/m1/s1. The highest BCUT2D eigenvalue weighted by atomic mass is 16.8. The highest BCUT2D eigenvalue weighted by molar-refractivity contribution is 6.00. The summed E-state index contributed by atoms with van der Waals surface area (Å²) < 4.78 is 28.6. The van der Waals surface area contributed by atoms with E-state index in [9.17, 15) is 14.7 Å². The average Bonchev–Trinajstić information content (AvgIpc) is 3.29. The number of phenols is 1. The van der Waals surface area contributed by atoms with Crippen LogP contribution in [0.4, 0.5) is 4.79 Å². The van der Waals surface area contributed by atoms with Crippen LogP contribution in [-0.4, -0.2) is 72.5 Å². The molecule has 1 saturated heterocycles. The molecule has 0 radical (unpaired) electrons. The van der Waals surface area contributed by atoms with Crippen molar-refractivity contribution in [2.45, 2.75) is 70.2 Å². The molecule has 2 N–H and O–H groups in total. The molecule has 0 aromatic heterocycles. The first-order chi connectivity index (χ1) is 15.8. The number of phenolic OH excluding ortho intramolecular Hbond substituents is 1. The molecule has 4 rings (SSSR count). The first kappa shape index (κ1) is 24.2. The van der Waals surface area contributed by atoms with Gasteiger partial charge in [0, 0.05) is 20.0 Å². The number of nitrogens with one attached hydrogen (secondary N) is 1. The van der Waals surface area contributed by atoms with E-state index in [1.54, 1.807) is 54.8 Å². The second-order valence-corrected chi connectivity index (χ2v) is 10.3. The van der Waals surface area contributed by atoms with Crippen LogP contribution in [0.3, 0.4) is 0 Å². The monoisotopic (exact) mass is 476 g/mol. The van der Waals surface area contributed by atoms with Crippen LogP contribution in [-0.2, 0) is 14.2 Å². The van der Waals surface area contributed by atoms with E-state index in [0.717, 1.165) is 0 Å². The molecule has 2 amide bonds. The van der Waals surface area contributed by atoms with Crippen molar-refractivity contribution in [3.8, 4) is 17.2 Å². The second kappa shape index (κ2) is 8.35. The van der Waals surface area contributed by atoms with Crippen LogP contribution in [0.2, 0.25) is 0 Å². The first-order valence-electron chi connectivity index (χ1n) is 11.2. The number of fused-ring (bicyclic) bond motifs is 2. The maximum absolute atomic E-state index is 13.2. The van der Waals surface area contributed by atoms with Crippen LogP contribution in [0.5, 0.6) is 17.2 Å². The lowest BCUT2D eigenvalue weighted by Crippen LogP contribution is -2.53. The molecule has 0 unspecified atom stereocenters. The van der Waals surface area contributed by atoms with E-state index in [2.05, 4.69) is 5.32 Å². The molecular weight excluding hydrogens is 444 g/mol. The number of carbonyl (C=O) groups is 2. The molecular formula is C24H32N2O8. The highest BCUT2D eigenvalue weighted by Crippen LogP contribution is 2.49. The Kier molecular flexibility index (Phi) is 5.93. The van der Waals surface area contributed by atoms with Crippen LogP contribution in [0.25, 0.3) is 0 Å². The minimum absolute atomic E-state index is 0.0662. The van der Waals surface area contributed by atoms with Gasteiger partial charge < -0.3 is 39.0 Å². The van der Waals surface area contributed by atoms with Crippen LogP contribution in [0.1, 0.15) is 56.5 Å². The van der Waals surface area contributed by atoms with Crippen molar-refractivity contribution in [2.75, 3.05) is 20.9 Å². The molecule has 4 atom stereocenters. The second-order valence-electron chi connectivity index (χ2n) is 10.3. The normalized spacial score (nSPS) is 26.7. The Bertz CT molecular complexity index is 1030. The molecule has 10 nitrogen and oxygen atoms in total. The van der Waals surface area contributed by atoms with E-state index >= 15 is 0 Å². The third-order valence-corrected chi connectivity index (χ3v) is 5.74. The topological polar surface area (TPSA) is 116 Å². The minimum Gasteiger partial charge on any atom is -0.504 e. The molecule has 1 aliphatic carbocycles. The van der Waals surface area contributed by atoms with Gasteiger partial charge in [-0.2, -0.15) is 0 Å². The minimum atomic E-state index is -0.873. The van der Waals surface area contributed by atoms with Gasteiger partial charge in [-0.15, -0.1) is 0 Å². The van der Waals surface area contributed by atoms with E-state index in [1.807, 2.05) is 12.2 Å². The fourth-order valence-corrected chi connectivity index (χ4v) is 4.47. The number of nitrogens with zero attached hydrogens (tertiary/aromatic N) is 1. The summed E-state index contributed by atoms with van der Waals surface area (Å²) in [7, 11) is 3.19. The lowest BCUT2D eigenvalue weighted by Gasteiger charge is -2.36. The Morgan fingerprint density at radius 3 is 2.53 bits per heavy atom. The van der Waals surface area contributed by atoms with Gasteiger partial charge in [0.2, 0.25) is 12.5 Å². The Labute approximate surface area is 198 Å². The summed E-state index contributed by atoms with van der Waals surface area (Å²) in [4.78, 5) is 27.3. The summed E-state index contributed by atoms with van der Waals surface area (Å²) in [6, 6.07) is 0.999. The van der Waals surface area contributed by atoms with Crippen molar-refractivity contribution in [1.29, 1.82) is 0 Å². The number of ether oxygens (including phenoxy) is 5. The van der Waals surface area contributed by atoms with E-state index in [4.69, 9.17) is 23.7 Å². The fraction of sp³-hybridized carbons (Fsp3) is 0.583. The van der Waals surface area contributed by atoms with Crippen molar-refractivity contribution in [1.82, 2.24) is 10.2 Å². The third kappa shape index (κ3) is 4.52.